The summed E-state index contributed by atoms with van der Waals surface area (Å²) < 4.78 is 0. The van der Waals surface area contributed by atoms with Gasteiger partial charge < -0.3 is 0 Å². The molecule has 0 amide bonds. The molecule has 0 fully saturated rings. The molecular formula is C3H3Cl2K. The molecule has 0 heterocycles. The molecular weight excluding hydrogens is 146 g/mol. The van der Waals surface area contributed by atoms with E-state index in [-0.39, 0.29) is 56.2 Å². The van der Waals surface area contributed by atoms with E-state index in [2.05, 4.69) is 6.58 Å². The summed E-state index contributed by atoms with van der Waals surface area (Å²) >= 11 is 10.1. The molecule has 0 spiro atoms. The summed E-state index contributed by atoms with van der Waals surface area (Å²) in [4.78, 5) is 0.213. The fraction of sp³-hybridized carbons (Fsp3) is 0. The fourth-order valence-electron chi connectivity index (χ4n) is 0. The van der Waals surface area contributed by atoms with Gasteiger partial charge in [-0.2, -0.15) is 23.2 Å². The van der Waals surface area contributed by atoms with E-state index in [1.807, 2.05) is 0 Å². The van der Waals surface area contributed by atoms with Gasteiger partial charge in [0.15, 0.2) is 0 Å². The second-order valence-electron chi connectivity index (χ2n) is 0.494. The van der Waals surface area contributed by atoms with Crippen molar-refractivity contribution in [3.63, 3.8) is 0 Å². The van der Waals surface area contributed by atoms with Gasteiger partial charge in [0.2, 0.25) is 0 Å². The van der Waals surface area contributed by atoms with Crippen LogP contribution in [0.2, 0.25) is 0 Å². The Bertz CT molecular complexity index is 35.8. The van der Waals surface area contributed by atoms with Gasteiger partial charge in [0.1, 0.15) is 0 Å². The number of allylic oxidation sites excluding steroid dienone is 1. The normalized spacial score (nSPS) is 5.67. The molecule has 0 saturated heterocycles. The average Bonchev–Trinajstić information content (AvgIpc) is 1.38. The van der Waals surface area contributed by atoms with Crippen molar-refractivity contribution >= 4 is 23.2 Å². The van der Waals surface area contributed by atoms with Gasteiger partial charge in [0.25, 0.3) is 0 Å². The van der Waals surface area contributed by atoms with E-state index >= 15 is 0 Å². The summed E-state index contributed by atoms with van der Waals surface area (Å²) in [6, 6.07) is 0. The summed E-state index contributed by atoms with van der Waals surface area (Å²) in [7, 11) is 0. The molecule has 0 bridgehead atoms. The molecule has 0 aromatic rings. The summed E-state index contributed by atoms with van der Waals surface area (Å²) in [5.74, 6) is 0. The van der Waals surface area contributed by atoms with Crippen LogP contribution >= 0.6 is 23.2 Å². The molecule has 0 rings (SSSR count). The quantitative estimate of drug-likeness (QED) is 0.336. The zero-order chi connectivity index (χ0) is 4.28. The van der Waals surface area contributed by atoms with Crippen molar-refractivity contribution < 1.29 is 51.4 Å². The van der Waals surface area contributed by atoms with Gasteiger partial charge in [-0.15, -0.1) is 0 Å². The van der Waals surface area contributed by atoms with Gasteiger partial charge in [-0.25, -0.2) is 12.7 Å². The van der Waals surface area contributed by atoms with Crippen LogP contribution in [0.5, 0.6) is 0 Å². The zero-order valence-electron chi connectivity index (χ0n) is 3.54. The third-order valence-electron chi connectivity index (χ3n) is 0.154. The Hall–Kier alpha value is 1.83. The van der Waals surface area contributed by atoms with Gasteiger partial charge in [-0.05, 0) is 4.84 Å². The molecule has 3 heteroatoms. The molecule has 0 aliphatic heterocycles. The molecule has 0 N–H and O–H groups in total. The van der Waals surface area contributed by atoms with Gasteiger partial charge >= 0.3 is 51.4 Å². The van der Waals surface area contributed by atoms with Gasteiger partial charge in [-0.1, -0.05) is 0 Å². The SMILES string of the molecule is C=C[C-](Cl)Cl.[K+]. The van der Waals surface area contributed by atoms with E-state index in [4.69, 9.17) is 23.2 Å². The summed E-state index contributed by atoms with van der Waals surface area (Å²) in [6.07, 6.45) is 1.36. The van der Waals surface area contributed by atoms with E-state index in [9.17, 15) is 0 Å². The number of halogens is 2. The monoisotopic (exact) mass is 148 g/mol. The van der Waals surface area contributed by atoms with Crippen LogP contribution in [-0.2, 0) is 0 Å². The first-order valence-electron chi connectivity index (χ1n) is 1.07. The largest absolute Gasteiger partial charge is 1.00 e. The molecule has 0 saturated carbocycles. The Morgan fingerprint density at radius 1 is 1.50 bits per heavy atom. The second-order valence-corrected chi connectivity index (χ2v) is 1.50. The van der Waals surface area contributed by atoms with E-state index < -0.39 is 0 Å². The molecule has 0 aliphatic rings. The molecule has 6 heavy (non-hydrogen) atoms. The Kier molecular flexibility index (Phi) is 12.2. The van der Waals surface area contributed by atoms with E-state index in [0.29, 0.717) is 0 Å². The Balaban J connectivity index is 0. The van der Waals surface area contributed by atoms with Crippen LogP contribution in [0.1, 0.15) is 0 Å². The predicted molar refractivity (Wildman–Crippen MR) is 25.1 cm³/mol. The zero-order valence-corrected chi connectivity index (χ0v) is 8.18. The van der Waals surface area contributed by atoms with Crippen molar-refractivity contribution in [3.8, 4) is 0 Å². The molecule has 0 nitrogen and oxygen atoms in total. The van der Waals surface area contributed by atoms with Crippen molar-refractivity contribution in [1.29, 1.82) is 0 Å². The van der Waals surface area contributed by atoms with E-state index in [1.54, 1.807) is 0 Å². The maximum Gasteiger partial charge on any atom is 1.00 e. The summed E-state index contributed by atoms with van der Waals surface area (Å²) in [6.45, 7) is 3.26. The third kappa shape index (κ3) is 9.27. The van der Waals surface area contributed by atoms with Gasteiger partial charge in [0.05, 0.1) is 0 Å². The Labute approximate surface area is 90.3 Å². The fourth-order valence-corrected chi connectivity index (χ4v) is 0. The van der Waals surface area contributed by atoms with Crippen LogP contribution in [-0.4, -0.2) is 0 Å². The van der Waals surface area contributed by atoms with Crippen molar-refractivity contribution in [1.82, 2.24) is 0 Å². The van der Waals surface area contributed by atoms with Crippen LogP contribution in [0.15, 0.2) is 12.7 Å². The van der Waals surface area contributed by atoms with Crippen molar-refractivity contribution in [2.75, 3.05) is 0 Å². The first-order valence-corrected chi connectivity index (χ1v) is 1.83. The third-order valence-corrected chi connectivity index (χ3v) is 0.463. The summed E-state index contributed by atoms with van der Waals surface area (Å²) in [5, 5.41) is 0. The minimum absolute atomic E-state index is 0. The van der Waals surface area contributed by atoms with E-state index in [1.165, 1.54) is 6.08 Å². The maximum atomic E-state index is 5.03. The molecule has 0 unspecified atom stereocenters. The van der Waals surface area contributed by atoms with Crippen LogP contribution < -0.4 is 51.4 Å². The van der Waals surface area contributed by atoms with Crippen LogP contribution in [0.25, 0.3) is 0 Å². The van der Waals surface area contributed by atoms with Gasteiger partial charge in [-0.3, -0.25) is 0 Å². The molecule has 0 radical (unpaired) electrons. The van der Waals surface area contributed by atoms with Crippen LogP contribution in [0.4, 0.5) is 0 Å². The van der Waals surface area contributed by atoms with Crippen molar-refractivity contribution in [2.24, 2.45) is 0 Å². The molecule has 0 aromatic carbocycles. The van der Waals surface area contributed by atoms with Crippen LogP contribution in [0.3, 0.4) is 0 Å². The molecule has 0 atom stereocenters. The standard InChI is InChI=1S/C3H3Cl2.K/c1-2-3(4)5;/h2H,1H2;/q-1;+1. The van der Waals surface area contributed by atoms with Gasteiger partial charge in [0, 0.05) is 0 Å². The Morgan fingerprint density at radius 3 is 1.67 bits per heavy atom. The first-order chi connectivity index (χ1) is 2.27. The number of hydrogen-bond acceptors (Lipinski definition) is 0. The molecule has 0 aliphatic carbocycles. The Morgan fingerprint density at radius 2 is 1.67 bits per heavy atom. The minimum atomic E-state index is 0. The predicted octanol–water partition coefficient (Wildman–Crippen LogP) is -0.857. The maximum absolute atomic E-state index is 5.03. The number of rotatable bonds is 1. The van der Waals surface area contributed by atoms with Crippen molar-refractivity contribution in [2.45, 2.75) is 0 Å². The summed E-state index contributed by atoms with van der Waals surface area (Å²) in [5.41, 5.74) is 0. The van der Waals surface area contributed by atoms with Crippen molar-refractivity contribution in [3.05, 3.63) is 17.5 Å². The van der Waals surface area contributed by atoms with Crippen LogP contribution in [0, 0.1) is 4.84 Å². The smallest absolute Gasteiger partial charge is 0.243 e. The molecule has 30 valence electrons. The minimum Gasteiger partial charge on any atom is -0.243 e. The first kappa shape index (κ1) is 10.7. The number of hydrogen-bond donors (Lipinski definition) is 0. The molecule has 0 aromatic heterocycles. The second kappa shape index (κ2) is 6.83. The topological polar surface area (TPSA) is 0 Å². The van der Waals surface area contributed by atoms with E-state index in [0.717, 1.165) is 0 Å². The average molecular weight is 149 g/mol.